The predicted octanol–water partition coefficient (Wildman–Crippen LogP) is 0.681. The number of anilines is 1. The van der Waals surface area contributed by atoms with Gasteiger partial charge in [-0.1, -0.05) is 0 Å². The van der Waals surface area contributed by atoms with Crippen molar-refractivity contribution in [1.82, 2.24) is 15.2 Å². The maximum absolute atomic E-state index is 14.8. The van der Waals surface area contributed by atoms with E-state index in [1.54, 1.807) is 10.6 Å². The molecule has 146 valence electrons. The molecule has 3 rings (SSSR count). The lowest BCUT2D eigenvalue weighted by atomic mass is 10.1. The zero-order valence-corrected chi connectivity index (χ0v) is 15.6. The summed E-state index contributed by atoms with van der Waals surface area (Å²) in [7, 11) is 0. The van der Waals surface area contributed by atoms with Gasteiger partial charge in [-0.15, -0.1) is 0 Å². The molecule has 0 unspecified atom stereocenters. The van der Waals surface area contributed by atoms with E-state index in [9.17, 15) is 19.1 Å². The largest absolute Gasteiger partial charge is 0.392 e. The van der Waals surface area contributed by atoms with Gasteiger partial charge in [-0.05, 0) is 26.0 Å². The van der Waals surface area contributed by atoms with Crippen molar-refractivity contribution in [2.24, 2.45) is 0 Å². The fourth-order valence-corrected chi connectivity index (χ4v) is 3.31. The highest BCUT2D eigenvalue weighted by molar-refractivity contribution is 5.97. The molecule has 2 aromatic rings. The van der Waals surface area contributed by atoms with Crippen LogP contribution < -0.4 is 21.0 Å². The fourth-order valence-electron chi connectivity index (χ4n) is 3.31. The summed E-state index contributed by atoms with van der Waals surface area (Å²) < 4.78 is 16.5. The minimum absolute atomic E-state index is 0.0404. The number of hydrogen-bond donors (Lipinski definition) is 3. The van der Waals surface area contributed by atoms with Crippen molar-refractivity contribution in [3.8, 4) is 0 Å². The Labute approximate surface area is 156 Å². The van der Waals surface area contributed by atoms with Gasteiger partial charge < -0.3 is 25.2 Å². The van der Waals surface area contributed by atoms with E-state index in [2.05, 4.69) is 10.6 Å². The number of piperazine rings is 1. The first kappa shape index (κ1) is 19.3. The van der Waals surface area contributed by atoms with E-state index in [1.807, 2.05) is 11.8 Å². The highest BCUT2D eigenvalue weighted by Crippen LogP contribution is 2.25. The molecule has 0 radical (unpaired) electrons. The van der Waals surface area contributed by atoms with Crippen LogP contribution in [0.15, 0.2) is 23.1 Å². The molecule has 27 heavy (non-hydrogen) atoms. The second kappa shape index (κ2) is 8.06. The summed E-state index contributed by atoms with van der Waals surface area (Å²) in [6.07, 6.45) is 0.781. The Morgan fingerprint density at radius 2 is 2.07 bits per heavy atom. The van der Waals surface area contributed by atoms with E-state index in [0.717, 1.165) is 13.1 Å². The van der Waals surface area contributed by atoms with Crippen LogP contribution in [0.3, 0.4) is 0 Å². The molecular weight excluding hydrogens is 351 g/mol. The predicted molar refractivity (Wildman–Crippen MR) is 103 cm³/mol. The van der Waals surface area contributed by atoms with Gasteiger partial charge in [0.2, 0.25) is 5.43 Å². The number of hydrogen-bond acceptors (Lipinski definition) is 5. The smallest absolute Gasteiger partial charge is 0.256 e. The SMILES string of the molecule is CCn1cc(C(=O)NC[C@@H](C)O)c(=O)c2cc(F)c(N3CCNCC3)cc21. The van der Waals surface area contributed by atoms with Crippen LogP contribution in [0.25, 0.3) is 10.9 Å². The molecule has 1 aliphatic heterocycles. The number of aryl methyl sites for hydroxylation is 1. The van der Waals surface area contributed by atoms with Gasteiger partial charge in [-0.25, -0.2) is 4.39 Å². The van der Waals surface area contributed by atoms with E-state index < -0.39 is 23.3 Å². The van der Waals surface area contributed by atoms with Crippen LogP contribution >= 0.6 is 0 Å². The Balaban J connectivity index is 2.09. The van der Waals surface area contributed by atoms with Crippen molar-refractivity contribution in [3.63, 3.8) is 0 Å². The average molecular weight is 376 g/mol. The van der Waals surface area contributed by atoms with Crippen molar-refractivity contribution in [2.75, 3.05) is 37.6 Å². The summed E-state index contributed by atoms with van der Waals surface area (Å²) in [5.41, 5.74) is 0.504. The van der Waals surface area contributed by atoms with Crippen molar-refractivity contribution < 1.29 is 14.3 Å². The Morgan fingerprint density at radius 1 is 1.37 bits per heavy atom. The first-order valence-electron chi connectivity index (χ1n) is 9.21. The topological polar surface area (TPSA) is 86.6 Å². The lowest BCUT2D eigenvalue weighted by Crippen LogP contribution is -2.44. The third kappa shape index (κ3) is 3.96. The molecule has 8 heteroatoms. The van der Waals surface area contributed by atoms with E-state index in [1.165, 1.54) is 19.2 Å². The van der Waals surface area contributed by atoms with Crippen molar-refractivity contribution in [2.45, 2.75) is 26.5 Å². The average Bonchev–Trinajstić information content (AvgIpc) is 2.67. The highest BCUT2D eigenvalue weighted by atomic mass is 19.1. The number of amides is 1. The number of aliphatic hydroxyl groups is 1. The number of carbonyl (C=O) groups excluding carboxylic acids is 1. The minimum Gasteiger partial charge on any atom is -0.392 e. The summed E-state index contributed by atoms with van der Waals surface area (Å²) in [5, 5.41) is 15.3. The van der Waals surface area contributed by atoms with Crippen LogP contribution in [0.2, 0.25) is 0 Å². The highest BCUT2D eigenvalue weighted by Gasteiger charge is 2.20. The number of nitrogens with one attached hydrogen (secondary N) is 2. The maximum atomic E-state index is 14.8. The van der Waals surface area contributed by atoms with Crippen molar-refractivity contribution in [3.05, 3.63) is 39.9 Å². The summed E-state index contributed by atoms with van der Waals surface area (Å²) in [5.74, 6) is -1.04. The lowest BCUT2D eigenvalue weighted by Gasteiger charge is -2.30. The number of rotatable bonds is 5. The van der Waals surface area contributed by atoms with Crippen LogP contribution in [0, 0.1) is 5.82 Å². The minimum atomic E-state index is -0.721. The number of nitrogens with zero attached hydrogens (tertiary/aromatic N) is 2. The zero-order chi connectivity index (χ0) is 19.6. The van der Waals surface area contributed by atoms with Gasteiger partial charge in [0.1, 0.15) is 11.4 Å². The molecule has 0 saturated carbocycles. The molecule has 0 spiro atoms. The number of benzene rings is 1. The molecule has 1 aliphatic rings. The number of pyridine rings is 1. The number of aromatic nitrogens is 1. The molecule has 7 nitrogen and oxygen atoms in total. The molecule has 1 fully saturated rings. The normalized spacial score (nSPS) is 15.8. The summed E-state index contributed by atoms with van der Waals surface area (Å²) >= 11 is 0. The number of halogens is 1. The van der Waals surface area contributed by atoms with Gasteiger partial charge in [0.15, 0.2) is 0 Å². The quantitative estimate of drug-likeness (QED) is 0.715. The number of fused-ring (bicyclic) bond motifs is 1. The Kier molecular flexibility index (Phi) is 5.76. The maximum Gasteiger partial charge on any atom is 0.256 e. The molecule has 1 aromatic carbocycles. The van der Waals surface area contributed by atoms with Gasteiger partial charge in [0, 0.05) is 50.9 Å². The molecule has 2 heterocycles. The Hall–Kier alpha value is -2.45. The molecule has 1 saturated heterocycles. The molecule has 0 bridgehead atoms. The molecule has 0 aliphatic carbocycles. The molecule has 1 atom stereocenters. The first-order valence-corrected chi connectivity index (χ1v) is 9.21. The van der Waals surface area contributed by atoms with Gasteiger partial charge in [-0.2, -0.15) is 0 Å². The number of aliphatic hydroxyl groups excluding tert-OH is 1. The standard InChI is InChI=1S/C19H25FN4O3/c1-3-23-11-14(19(27)22-10-12(2)25)18(26)13-8-15(20)17(9-16(13)23)24-6-4-21-5-7-24/h8-9,11-12,21,25H,3-7,10H2,1-2H3,(H,22,27)/t12-/m1/s1. The van der Waals surface area contributed by atoms with Crippen LogP contribution in [0.5, 0.6) is 0 Å². The van der Waals surface area contributed by atoms with Crippen molar-refractivity contribution >= 4 is 22.5 Å². The van der Waals surface area contributed by atoms with Gasteiger partial charge >= 0.3 is 0 Å². The second-order valence-corrected chi connectivity index (χ2v) is 6.77. The zero-order valence-electron chi connectivity index (χ0n) is 15.6. The van der Waals surface area contributed by atoms with Crippen LogP contribution in [0.1, 0.15) is 24.2 Å². The Morgan fingerprint density at radius 3 is 2.70 bits per heavy atom. The molecule has 3 N–H and O–H groups in total. The van der Waals surface area contributed by atoms with Gasteiger partial charge in [0.25, 0.3) is 5.91 Å². The first-order chi connectivity index (χ1) is 12.9. The van der Waals surface area contributed by atoms with E-state index in [4.69, 9.17) is 0 Å². The Bertz CT molecular complexity index is 904. The summed E-state index contributed by atoms with van der Waals surface area (Å²) in [4.78, 5) is 27.1. The van der Waals surface area contributed by atoms with Gasteiger partial charge in [0.05, 0.1) is 17.3 Å². The van der Waals surface area contributed by atoms with Crippen molar-refractivity contribution in [1.29, 1.82) is 0 Å². The number of carbonyl (C=O) groups is 1. The van der Waals surface area contributed by atoms with Gasteiger partial charge in [-0.3, -0.25) is 9.59 Å². The lowest BCUT2D eigenvalue weighted by molar-refractivity contribution is 0.0922. The second-order valence-electron chi connectivity index (χ2n) is 6.77. The third-order valence-corrected chi connectivity index (χ3v) is 4.75. The monoisotopic (exact) mass is 376 g/mol. The fraction of sp³-hybridized carbons (Fsp3) is 0.474. The van der Waals surface area contributed by atoms with Crippen LogP contribution in [-0.4, -0.2) is 54.4 Å². The molecule has 1 aromatic heterocycles. The van der Waals surface area contributed by atoms with E-state index in [-0.39, 0.29) is 17.5 Å². The third-order valence-electron chi connectivity index (χ3n) is 4.75. The molecule has 1 amide bonds. The summed E-state index contributed by atoms with van der Waals surface area (Å²) in [6.45, 7) is 6.95. The molecular formula is C19H25FN4O3. The van der Waals surface area contributed by atoms with E-state index in [0.29, 0.717) is 30.8 Å². The van der Waals surface area contributed by atoms with Crippen LogP contribution in [0.4, 0.5) is 10.1 Å². The summed E-state index contributed by atoms with van der Waals surface area (Å²) in [6, 6.07) is 2.92. The van der Waals surface area contributed by atoms with E-state index >= 15 is 0 Å². The van der Waals surface area contributed by atoms with Crippen LogP contribution in [-0.2, 0) is 6.54 Å².